The molecule has 0 radical (unpaired) electrons. The second-order valence-electron chi connectivity index (χ2n) is 6.62. The molecule has 2 amide bonds. The van der Waals surface area contributed by atoms with Crippen molar-refractivity contribution in [2.75, 3.05) is 5.32 Å². The molecule has 0 aliphatic rings. The van der Waals surface area contributed by atoms with Crippen molar-refractivity contribution in [3.05, 3.63) is 64.1 Å². The van der Waals surface area contributed by atoms with Crippen molar-refractivity contribution in [3.8, 4) is 5.75 Å². The molecule has 0 saturated heterocycles. The summed E-state index contributed by atoms with van der Waals surface area (Å²) in [6, 6.07) is 11.2. The quantitative estimate of drug-likeness (QED) is 0.283. The topological polar surface area (TPSA) is 137 Å². The normalized spacial score (nSPS) is 11.3. The fraction of sp³-hybridized carbons (Fsp3) is 0.190. The van der Waals surface area contributed by atoms with Crippen LogP contribution in [0.4, 0.5) is 5.69 Å². The number of H-pyrrole nitrogens is 1. The fourth-order valence-electron chi connectivity index (χ4n) is 2.89. The van der Waals surface area contributed by atoms with Gasteiger partial charge in [-0.3, -0.25) is 14.4 Å². The largest absolute Gasteiger partial charge is 0.507 e. The summed E-state index contributed by atoms with van der Waals surface area (Å²) in [4.78, 5) is 36.2. The zero-order valence-electron chi connectivity index (χ0n) is 16.5. The number of fused-ring (bicyclic) bond motifs is 1. The Morgan fingerprint density at radius 3 is 2.63 bits per heavy atom. The molecule has 0 spiro atoms. The Hall–Kier alpha value is -4.01. The smallest absolute Gasteiger partial charge is 0.292 e. The van der Waals surface area contributed by atoms with E-state index in [4.69, 9.17) is 0 Å². The lowest BCUT2D eigenvalue weighted by molar-refractivity contribution is -0.116. The summed E-state index contributed by atoms with van der Waals surface area (Å²) in [6.45, 7) is 3.51. The predicted octanol–water partition coefficient (Wildman–Crippen LogP) is 2.52. The first-order chi connectivity index (χ1) is 14.4. The Morgan fingerprint density at radius 1 is 1.17 bits per heavy atom. The number of phenolic OH excluding ortho intramolecular Hbond substituents is 1. The zero-order chi connectivity index (χ0) is 21.7. The summed E-state index contributed by atoms with van der Waals surface area (Å²) in [6.07, 6.45) is 1.11. The number of hydrazone groups is 1. The van der Waals surface area contributed by atoms with Gasteiger partial charge in [0.25, 0.3) is 11.5 Å². The summed E-state index contributed by atoms with van der Waals surface area (Å²) in [5, 5.41) is 23.8. The average molecular weight is 407 g/mol. The first-order valence-corrected chi connectivity index (χ1v) is 9.36. The van der Waals surface area contributed by atoms with Crippen LogP contribution in [0.25, 0.3) is 10.8 Å². The number of nitrogens with one attached hydrogen (secondary N) is 3. The first-order valence-electron chi connectivity index (χ1n) is 9.36. The molecule has 0 unspecified atom stereocenters. The minimum absolute atomic E-state index is 0.0200. The van der Waals surface area contributed by atoms with E-state index in [9.17, 15) is 19.5 Å². The maximum absolute atomic E-state index is 12.6. The molecule has 154 valence electrons. The molecule has 0 bridgehead atoms. The van der Waals surface area contributed by atoms with E-state index in [1.165, 1.54) is 6.07 Å². The van der Waals surface area contributed by atoms with Crippen LogP contribution < -0.4 is 16.3 Å². The molecule has 9 nitrogen and oxygen atoms in total. The van der Waals surface area contributed by atoms with E-state index in [0.717, 1.165) is 6.42 Å². The molecule has 1 heterocycles. The third-order valence-corrected chi connectivity index (χ3v) is 4.38. The molecule has 1 aromatic heterocycles. The zero-order valence-corrected chi connectivity index (χ0v) is 16.5. The van der Waals surface area contributed by atoms with E-state index in [1.54, 1.807) is 43.3 Å². The Balaban J connectivity index is 1.83. The van der Waals surface area contributed by atoms with Crippen molar-refractivity contribution >= 4 is 34.0 Å². The van der Waals surface area contributed by atoms with E-state index < -0.39 is 11.5 Å². The summed E-state index contributed by atoms with van der Waals surface area (Å²) < 4.78 is 0. The number of hydrogen-bond acceptors (Lipinski definition) is 6. The third kappa shape index (κ3) is 4.52. The number of aromatic amines is 1. The van der Waals surface area contributed by atoms with Gasteiger partial charge in [-0.25, -0.2) is 10.5 Å². The van der Waals surface area contributed by atoms with Gasteiger partial charge < -0.3 is 10.4 Å². The van der Waals surface area contributed by atoms with E-state index in [2.05, 4.69) is 26.0 Å². The van der Waals surface area contributed by atoms with Crippen LogP contribution in [0.1, 0.15) is 42.7 Å². The van der Waals surface area contributed by atoms with Crippen LogP contribution in [0.3, 0.4) is 0 Å². The highest BCUT2D eigenvalue weighted by molar-refractivity contribution is 6.07. The number of aromatic nitrogens is 2. The number of aromatic hydroxyl groups is 1. The number of phenols is 1. The monoisotopic (exact) mass is 407 g/mol. The Bertz CT molecular complexity index is 1200. The fourth-order valence-corrected chi connectivity index (χ4v) is 2.89. The highest BCUT2D eigenvalue weighted by atomic mass is 16.3. The molecule has 0 aliphatic carbocycles. The minimum atomic E-state index is -0.617. The number of rotatable bonds is 6. The number of nitrogens with zero attached hydrogens (tertiary/aromatic N) is 2. The Labute approximate surface area is 171 Å². The van der Waals surface area contributed by atoms with Crippen molar-refractivity contribution in [3.63, 3.8) is 0 Å². The number of carbonyl (C=O) groups excluding carboxylic acids is 2. The van der Waals surface area contributed by atoms with Crippen molar-refractivity contribution < 1.29 is 14.7 Å². The van der Waals surface area contributed by atoms with Gasteiger partial charge in [-0.2, -0.15) is 10.2 Å². The molecular formula is C21H21N5O4. The molecule has 2 aromatic carbocycles. The summed E-state index contributed by atoms with van der Waals surface area (Å²) >= 11 is 0. The molecule has 0 saturated carbocycles. The number of anilines is 1. The summed E-state index contributed by atoms with van der Waals surface area (Å²) in [5.41, 5.74) is 3.19. The molecule has 9 heteroatoms. The van der Waals surface area contributed by atoms with Gasteiger partial charge in [0.2, 0.25) is 5.91 Å². The SMILES string of the molecule is CCCC(=O)Nc1ccc(O)c(/C(C)=N/NC(=O)c2n[nH]c(=O)c3ccccc23)c1. The summed E-state index contributed by atoms with van der Waals surface area (Å²) in [5.74, 6) is -0.798. The highest BCUT2D eigenvalue weighted by Crippen LogP contribution is 2.22. The molecule has 3 aromatic rings. The van der Waals surface area contributed by atoms with Crippen LogP contribution in [0, 0.1) is 0 Å². The molecule has 0 fully saturated rings. The third-order valence-electron chi connectivity index (χ3n) is 4.38. The van der Waals surface area contributed by atoms with Gasteiger partial charge in [0, 0.05) is 23.1 Å². The van der Waals surface area contributed by atoms with Crippen LogP contribution in [0.5, 0.6) is 5.75 Å². The lowest BCUT2D eigenvalue weighted by atomic mass is 10.1. The van der Waals surface area contributed by atoms with Gasteiger partial charge in [-0.15, -0.1) is 0 Å². The van der Waals surface area contributed by atoms with Gasteiger partial charge >= 0.3 is 0 Å². The first kappa shape index (κ1) is 20.7. The van der Waals surface area contributed by atoms with Crippen molar-refractivity contribution in [2.24, 2.45) is 5.10 Å². The lowest BCUT2D eigenvalue weighted by Gasteiger charge is -2.09. The van der Waals surface area contributed by atoms with Gasteiger partial charge in [-0.1, -0.05) is 25.1 Å². The number of carbonyl (C=O) groups is 2. The van der Waals surface area contributed by atoms with Gasteiger partial charge in [0.1, 0.15) is 5.75 Å². The molecular weight excluding hydrogens is 386 g/mol. The number of benzene rings is 2. The Morgan fingerprint density at radius 2 is 1.90 bits per heavy atom. The maximum atomic E-state index is 12.6. The van der Waals surface area contributed by atoms with Gasteiger partial charge in [0.05, 0.1) is 11.1 Å². The molecule has 3 rings (SSSR count). The van der Waals surface area contributed by atoms with E-state index >= 15 is 0 Å². The highest BCUT2D eigenvalue weighted by Gasteiger charge is 2.14. The minimum Gasteiger partial charge on any atom is -0.507 e. The van der Waals surface area contributed by atoms with Crippen LogP contribution in [0.15, 0.2) is 52.4 Å². The van der Waals surface area contributed by atoms with E-state index in [0.29, 0.717) is 34.2 Å². The second kappa shape index (κ2) is 8.99. The second-order valence-corrected chi connectivity index (χ2v) is 6.62. The molecule has 0 aliphatic heterocycles. The van der Waals surface area contributed by atoms with E-state index in [-0.39, 0.29) is 17.4 Å². The van der Waals surface area contributed by atoms with Crippen molar-refractivity contribution in [2.45, 2.75) is 26.7 Å². The lowest BCUT2D eigenvalue weighted by Crippen LogP contribution is -2.23. The summed E-state index contributed by atoms with van der Waals surface area (Å²) in [7, 11) is 0. The number of hydrogen-bond donors (Lipinski definition) is 4. The van der Waals surface area contributed by atoms with Gasteiger partial charge in [0.15, 0.2) is 5.69 Å². The average Bonchev–Trinajstić information content (AvgIpc) is 2.74. The predicted molar refractivity (Wildman–Crippen MR) is 114 cm³/mol. The molecule has 0 atom stereocenters. The van der Waals surface area contributed by atoms with Crippen LogP contribution >= 0.6 is 0 Å². The molecule has 30 heavy (non-hydrogen) atoms. The van der Waals surface area contributed by atoms with E-state index in [1.807, 2.05) is 6.92 Å². The Kier molecular flexibility index (Phi) is 6.21. The standard InChI is InChI=1S/C21H21N5O4/c1-3-6-18(28)22-13-9-10-17(27)16(11-13)12(2)23-26-21(30)19-14-7-4-5-8-15(14)20(29)25-24-19/h4-5,7-11,27H,3,6H2,1-2H3,(H,22,28)(H,25,29)(H,26,30)/b23-12+. The van der Waals surface area contributed by atoms with Crippen molar-refractivity contribution in [1.82, 2.24) is 15.6 Å². The number of amides is 2. The molecule has 4 N–H and O–H groups in total. The van der Waals surface area contributed by atoms with Crippen LogP contribution in [-0.2, 0) is 4.79 Å². The maximum Gasteiger partial charge on any atom is 0.292 e. The van der Waals surface area contributed by atoms with Crippen LogP contribution in [-0.4, -0.2) is 32.8 Å². The van der Waals surface area contributed by atoms with Gasteiger partial charge in [-0.05, 0) is 37.6 Å². The van der Waals surface area contributed by atoms with Crippen LogP contribution in [0.2, 0.25) is 0 Å². The van der Waals surface area contributed by atoms with Crippen molar-refractivity contribution in [1.29, 1.82) is 0 Å².